The number of carbonyl (C=O) groups is 3. The zero-order chi connectivity index (χ0) is 18.1. The normalized spacial score (nSPS) is 18.1. The van der Waals surface area contributed by atoms with Crippen molar-refractivity contribution in [3.63, 3.8) is 0 Å². The summed E-state index contributed by atoms with van der Waals surface area (Å²) in [6.45, 7) is 4.72. The lowest BCUT2D eigenvalue weighted by atomic mass is 10.0. The molecule has 0 aliphatic carbocycles. The first-order valence-corrected chi connectivity index (χ1v) is 7.67. The van der Waals surface area contributed by atoms with Crippen LogP contribution < -0.4 is 16.0 Å². The van der Waals surface area contributed by atoms with Crippen molar-refractivity contribution in [1.29, 1.82) is 0 Å². The van der Waals surface area contributed by atoms with Gasteiger partial charge >= 0.3 is 6.18 Å². The summed E-state index contributed by atoms with van der Waals surface area (Å²) < 4.78 is 38.5. The summed E-state index contributed by atoms with van der Waals surface area (Å²) in [5.41, 5.74) is 0.180. The van der Waals surface area contributed by atoms with Crippen LogP contribution in [0.1, 0.15) is 35.0 Å². The van der Waals surface area contributed by atoms with Gasteiger partial charge < -0.3 is 16.0 Å². The van der Waals surface area contributed by atoms with E-state index in [4.69, 9.17) is 0 Å². The maximum Gasteiger partial charge on any atom is 0.425 e. The second-order valence-corrected chi connectivity index (χ2v) is 6.24. The van der Waals surface area contributed by atoms with Crippen LogP contribution in [0.3, 0.4) is 0 Å². The Morgan fingerprint density at radius 1 is 1.42 bits per heavy atom. The van der Waals surface area contributed by atoms with Crippen LogP contribution in [-0.2, 0) is 15.8 Å². The smallest absolute Gasteiger partial charge is 0.340 e. The number of piperidine rings is 1. The van der Waals surface area contributed by atoms with Crippen molar-refractivity contribution >= 4 is 34.1 Å². The Kier molecular flexibility index (Phi) is 4.97. The van der Waals surface area contributed by atoms with E-state index < -0.39 is 34.8 Å². The fourth-order valence-corrected chi connectivity index (χ4v) is 3.07. The van der Waals surface area contributed by atoms with Gasteiger partial charge in [-0.3, -0.25) is 14.4 Å². The Hall–Kier alpha value is -2.36. The van der Waals surface area contributed by atoms with E-state index in [9.17, 15) is 27.6 Å². The van der Waals surface area contributed by atoms with Gasteiger partial charge in [-0.05, 0) is 18.9 Å². The molecule has 1 aromatic heterocycles. The molecule has 1 unspecified atom stereocenters. The first-order chi connectivity index (χ1) is 11.1. The van der Waals surface area contributed by atoms with Crippen LogP contribution >= 0.6 is 11.3 Å². The molecule has 10 heteroatoms. The van der Waals surface area contributed by atoms with Gasteiger partial charge in [-0.2, -0.15) is 13.2 Å². The minimum Gasteiger partial charge on any atom is -0.340 e. The summed E-state index contributed by atoms with van der Waals surface area (Å²) in [6.07, 6.45) is -3.90. The Morgan fingerprint density at radius 3 is 2.62 bits per heavy atom. The van der Waals surface area contributed by atoms with E-state index in [0.29, 0.717) is 24.6 Å². The Bertz CT molecular complexity index is 712. The van der Waals surface area contributed by atoms with Gasteiger partial charge in [0.15, 0.2) is 0 Å². The molecular weight excluding hydrogens is 347 g/mol. The number of thiophene rings is 1. The monoisotopic (exact) mass is 361 g/mol. The van der Waals surface area contributed by atoms with Crippen molar-refractivity contribution in [1.82, 2.24) is 10.6 Å². The summed E-state index contributed by atoms with van der Waals surface area (Å²) in [6, 6.07) is -0.215. The van der Waals surface area contributed by atoms with Gasteiger partial charge in [-0.25, -0.2) is 0 Å². The maximum atomic E-state index is 12.8. The zero-order valence-electron chi connectivity index (χ0n) is 12.5. The number of carbonyl (C=O) groups excluding carboxylic acids is 3. The van der Waals surface area contributed by atoms with Gasteiger partial charge in [-0.1, -0.05) is 6.58 Å². The fraction of sp³-hybridized carbons (Fsp3) is 0.357. The third kappa shape index (κ3) is 4.13. The van der Waals surface area contributed by atoms with E-state index in [1.807, 2.05) is 0 Å². The highest BCUT2D eigenvalue weighted by Gasteiger charge is 2.36. The second kappa shape index (κ2) is 6.63. The molecule has 1 fully saturated rings. The number of alkyl halides is 3. The van der Waals surface area contributed by atoms with Gasteiger partial charge in [-0.15, -0.1) is 11.3 Å². The fourth-order valence-electron chi connectivity index (χ4n) is 2.10. The van der Waals surface area contributed by atoms with Gasteiger partial charge in [0, 0.05) is 12.6 Å². The summed E-state index contributed by atoms with van der Waals surface area (Å²) in [5.74, 6) is -1.95. The predicted molar refractivity (Wildman–Crippen MR) is 81.4 cm³/mol. The minimum absolute atomic E-state index is 0.215. The zero-order valence-corrected chi connectivity index (χ0v) is 13.4. The highest BCUT2D eigenvalue weighted by atomic mass is 32.1. The average Bonchev–Trinajstić information content (AvgIpc) is 2.85. The molecule has 1 aliphatic heterocycles. The molecule has 1 atom stereocenters. The third-order valence-electron chi connectivity index (χ3n) is 3.20. The molecule has 0 bridgehead atoms. The molecule has 0 radical (unpaired) electrons. The molecule has 130 valence electrons. The number of halogens is 3. The van der Waals surface area contributed by atoms with Gasteiger partial charge in [0.25, 0.3) is 5.91 Å². The van der Waals surface area contributed by atoms with E-state index >= 15 is 0 Å². The number of hydrogen-bond acceptors (Lipinski definition) is 4. The molecule has 1 aliphatic rings. The molecule has 24 heavy (non-hydrogen) atoms. The van der Waals surface area contributed by atoms with Crippen molar-refractivity contribution in [3.8, 4) is 0 Å². The SMILES string of the molecule is C=C1CCC(NC(=O)c2cc(C(F)(F)F)sc2NC(C)=O)C(=O)N1. The van der Waals surface area contributed by atoms with E-state index in [0.717, 1.165) is 6.92 Å². The lowest BCUT2D eigenvalue weighted by Crippen LogP contribution is -2.49. The molecule has 2 heterocycles. The van der Waals surface area contributed by atoms with Crippen LogP contribution in [0.4, 0.5) is 18.2 Å². The van der Waals surface area contributed by atoms with Crippen molar-refractivity contribution in [2.24, 2.45) is 0 Å². The lowest BCUT2D eigenvalue weighted by molar-refractivity contribution is -0.134. The molecule has 1 saturated heterocycles. The molecule has 0 spiro atoms. The quantitative estimate of drug-likeness (QED) is 0.772. The highest BCUT2D eigenvalue weighted by molar-refractivity contribution is 7.16. The first kappa shape index (κ1) is 18.0. The van der Waals surface area contributed by atoms with Crippen LogP contribution in [-0.4, -0.2) is 23.8 Å². The number of anilines is 1. The van der Waals surface area contributed by atoms with E-state index in [2.05, 4.69) is 22.5 Å². The first-order valence-electron chi connectivity index (χ1n) is 6.86. The highest BCUT2D eigenvalue weighted by Crippen LogP contribution is 2.39. The van der Waals surface area contributed by atoms with Gasteiger partial charge in [0.05, 0.1) is 5.56 Å². The second-order valence-electron chi connectivity index (χ2n) is 5.19. The average molecular weight is 361 g/mol. The van der Waals surface area contributed by atoms with Crippen LogP contribution in [0.15, 0.2) is 18.3 Å². The Balaban J connectivity index is 2.24. The minimum atomic E-state index is -4.64. The Morgan fingerprint density at radius 2 is 2.08 bits per heavy atom. The summed E-state index contributed by atoms with van der Waals surface area (Å²) in [5, 5.41) is 6.84. The van der Waals surface area contributed by atoms with E-state index in [1.165, 1.54) is 0 Å². The molecule has 0 aromatic carbocycles. The van der Waals surface area contributed by atoms with Crippen LogP contribution in [0.2, 0.25) is 0 Å². The Labute approximate surface area is 139 Å². The van der Waals surface area contributed by atoms with Crippen LogP contribution in [0, 0.1) is 0 Å². The van der Waals surface area contributed by atoms with E-state index in [-0.39, 0.29) is 21.9 Å². The summed E-state index contributed by atoms with van der Waals surface area (Å²) in [7, 11) is 0. The van der Waals surface area contributed by atoms with Gasteiger partial charge in [0.1, 0.15) is 15.9 Å². The number of hydrogen-bond donors (Lipinski definition) is 3. The standard InChI is InChI=1S/C14H14F3N3O3S/c1-6-3-4-9(12(23)18-6)20-11(22)8-5-10(14(15,16)17)24-13(8)19-7(2)21/h5,9H,1,3-4H2,2H3,(H,18,23)(H,19,21)(H,20,22). The number of amides is 3. The van der Waals surface area contributed by atoms with E-state index in [1.54, 1.807) is 0 Å². The number of allylic oxidation sites excluding steroid dienone is 1. The van der Waals surface area contributed by atoms with Crippen molar-refractivity contribution in [3.05, 3.63) is 28.8 Å². The maximum absolute atomic E-state index is 12.8. The van der Waals surface area contributed by atoms with Crippen molar-refractivity contribution < 1.29 is 27.6 Å². The third-order valence-corrected chi connectivity index (χ3v) is 4.30. The molecule has 0 saturated carbocycles. The topological polar surface area (TPSA) is 87.3 Å². The van der Waals surface area contributed by atoms with Crippen molar-refractivity contribution in [2.45, 2.75) is 32.0 Å². The molecular formula is C14H14F3N3O3S. The number of rotatable bonds is 3. The van der Waals surface area contributed by atoms with Gasteiger partial charge in [0.2, 0.25) is 11.8 Å². The van der Waals surface area contributed by atoms with Crippen molar-refractivity contribution in [2.75, 3.05) is 5.32 Å². The molecule has 3 N–H and O–H groups in total. The number of nitrogens with one attached hydrogen (secondary N) is 3. The molecule has 6 nitrogen and oxygen atoms in total. The molecule has 3 amide bonds. The lowest BCUT2D eigenvalue weighted by Gasteiger charge is -2.24. The molecule has 1 aromatic rings. The van der Waals surface area contributed by atoms with Crippen LogP contribution in [0.5, 0.6) is 0 Å². The predicted octanol–water partition coefficient (Wildman–Crippen LogP) is 2.25. The summed E-state index contributed by atoms with van der Waals surface area (Å²) >= 11 is 0.254. The van der Waals surface area contributed by atoms with Crippen LogP contribution in [0.25, 0.3) is 0 Å². The largest absolute Gasteiger partial charge is 0.425 e. The molecule has 2 rings (SSSR count). The summed E-state index contributed by atoms with van der Waals surface area (Å²) in [4.78, 5) is 34.1.